The predicted molar refractivity (Wildman–Crippen MR) is 74.1 cm³/mol. The molecule has 2 aliphatic rings. The second-order valence-electron chi connectivity index (χ2n) is 5.44. The lowest BCUT2D eigenvalue weighted by Gasteiger charge is -2.41. The Morgan fingerprint density at radius 1 is 1.09 bits per heavy atom. The molecule has 0 aromatic heterocycles. The van der Waals surface area contributed by atoms with Crippen molar-refractivity contribution in [3.63, 3.8) is 0 Å². The van der Waals surface area contributed by atoms with Gasteiger partial charge >= 0.3 is 0 Å². The molecular formula is C15H14O8. The zero-order chi connectivity index (χ0) is 16.9. The van der Waals surface area contributed by atoms with E-state index < -0.39 is 41.2 Å². The van der Waals surface area contributed by atoms with Crippen molar-refractivity contribution in [2.24, 2.45) is 5.92 Å². The normalized spacial score (nSPS) is 29.2. The Kier molecular flexibility index (Phi) is 3.33. The molecule has 1 aromatic carbocycles. The van der Waals surface area contributed by atoms with Crippen LogP contribution in [0.3, 0.4) is 0 Å². The third-order valence-corrected chi connectivity index (χ3v) is 3.85. The number of rotatable bonds is 1. The Morgan fingerprint density at radius 3 is 2.43 bits per heavy atom. The van der Waals surface area contributed by atoms with Gasteiger partial charge in [-0.25, -0.2) is 0 Å². The average Bonchev–Trinajstić information content (AvgIpc) is 2.45. The summed E-state index contributed by atoms with van der Waals surface area (Å²) in [6.45, 7) is 0. The maximum Gasteiger partial charge on any atom is 0.267 e. The Morgan fingerprint density at radius 2 is 1.78 bits per heavy atom. The molecule has 0 amide bonds. The van der Waals surface area contributed by atoms with Crippen molar-refractivity contribution in [1.29, 1.82) is 0 Å². The second-order valence-corrected chi connectivity index (χ2v) is 5.44. The minimum Gasteiger partial charge on any atom is -0.508 e. The van der Waals surface area contributed by atoms with Crippen molar-refractivity contribution in [3.8, 4) is 11.5 Å². The van der Waals surface area contributed by atoms with Crippen LogP contribution in [0.4, 0.5) is 0 Å². The first-order valence-electron chi connectivity index (χ1n) is 6.70. The zero-order valence-electron chi connectivity index (χ0n) is 11.6. The van der Waals surface area contributed by atoms with Gasteiger partial charge in [-0.1, -0.05) is 6.07 Å². The van der Waals surface area contributed by atoms with Crippen molar-refractivity contribution in [3.05, 3.63) is 47.4 Å². The molecule has 0 spiro atoms. The van der Waals surface area contributed by atoms with Crippen molar-refractivity contribution >= 4 is 5.78 Å². The summed E-state index contributed by atoms with van der Waals surface area (Å²) in [4.78, 5) is 12.3. The molecule has 1 aliphatic carbocycles. The van der Waals surface area contributed by atoms with E-state index in [4.69, 9.17) is 4.74 Å². The first-order valence-corrected chi connectivity index (χ1v) is 6.70. The number of phenolic OH excluding ortho intramolecular Hbond substituents is 2. The Balaban J connectivity index is 2.06. The summed E-state index contributed by atoms with van der Waals surface area (Å²) in [5.41, 5.74) is 0.0153. The molecule has 122 valence electrons. The standard InChI is InChI=1S/C15H14O8/c16-7-4-10(19)12-11(5-7)23-14(15(21,22)13(12)20)6-1-2-8(17)9(18)3-6/h1-5,10,12,14,16-19,21-22H. The fourth-order valence-corrected chi connectivity index (χ4v) is 2.70. The van der Waals surface area contributed by atoms with Crippen LogP contribution in [0, 0.1) is 5.92 Å². The molecule has 1 aliphatic heterocycles. The topological polar surface area (TPSA) is 148 Å². The van der Waals surface area contributed by atoms with Gasteiger partial charge in [-0.15, -0.1) is 0 Å². The van der Waals surface area contributed by atoms with Crippen LogP contribution in [0.15, 0.2) is 41.9 Å². The molecule has 23 heavy (non-hydrogen) atoms. The fraction of sp³-hybridized carbons (Fsp3) is 0.267. The number of ketones is 1. The SMILES string of the molecule is O=C1C2C(=CC(O)=CC2O)OC(c2ccc(O)c(O)c2)C1(O)O. The summed E-state index contributed by atoms with van der Waals surface area (Å²) in [7, 11) is 0. The molecule has 3 unspecified atom stereocenters. The van der Waals surface area contributed by atoms with Crippen LogP contribution in [-0.2, 0) is 9.53 Å². The number of carbonyl (C=O) groups is 1. The van der Waals surface area contributed by atoms with Gasteiger partial charge < -0.3 is 35.4 Å². The number of aliphatic hydroxyl groups is 4. The number of carbonyl (C=O) groups excluding carboxylic acids is 1. The zero-order valence-corrected chi connectivity index (χ0v) is 11.6. The van der Waals surface area contributed by atoms with E-state index in [-0.39, 0.29) is 17.1 Å². The van der Waals surface area contributed by atoms with Crippen LogP contribution >= 0.6 is 0 Å². The van der Waals surface area contributed by atoms with Crippen LogP contribution in [0.2, 0.25) is 0 Å². The number of fused-ring (bicyclic) bond motifs is 1. The van der Waals surface area contributed by atoms with Crippen molar-refractivity contribution in [2.45, 2.75) is 18.0 Å². The fourth-order valence-electron chi connectivity index (χ4n) is 2.70. The highest BCUT2D eigenvalue weighted by atomic mass is 16.6. The quantitative estimate of drug-likeness (QED) is 0.306. The minimum absolute atomic E-state index is 0.0153. The van der Waals surface area contributed by atoms with Gasteiger partial charge in [0.05, 0.1) is 6.10 Å². The smallest absolute Gasteiger partial charge is 0.267 e. The number of hydrogen-bond acceptors (Lipinski definition) is 8. The van der Waals surface area contributed by atoms with Gasteiger partial charge in [-0.2, -0.15) is 0 Å². The molecule has 1 fully saturated rings. The number of benzene rings is 1. The predicted octanol–water partition coefficient (Wildman–Crippen LogP) is -0.264. The number of Topliss-reactive ketones (excluding diaryl/α,β-unsaturated/α-hetero) is 1. The highest BCUT2D eigenvalue weighted by molar-refractivity contribution is 5.92. The molecule has 6 N–H and O–H groups in total. The maximum atomic E-state index is 12.3. The molecule has 0 saturated carbocycles. The lowest BCUT2D eigenvalue weighted by atomic mass is 9.80. The number of phenols is 2. The number of ether oxygens (including phenoxy) is 1. The van der Waals surface area contributed by atoms with Crippen LogP contribution in [0.25, 0.3) is 0 Å². The molecule has 1 heterocycles. The van der Waals surface area contributed by atoms with Gasteiger partial charge in [0.2, 0.25) is 5.78 Å². The Bertz CT molecular complexity index is 733. The van der Waals surface area contributed by atoms with Crippen LogP contribution in [-0.4, -0.2) is 48.3 Å². The summed E-state index contributed by atoms with van der Waals surface area (Å²) in [6.07, 6.45) is -0.992. The highest BCUT2D eigenvalue weighted by Crippen LogP contribution is 2.44. The largest absolute Gasteiger partial charge is 0.508 e. The summed E-state index contributed by atoms with van der Waals surface area (Å²) < 4.78 is 5.38. The van der Waals surface area contributed by atoms with Gasteiger partial charge in [0.15, 0.2) is 17.6 Å². The van der Waals surface area contributed by atoms with Crippen molar-refractivity contribution < 1.29 is 40.2 Å². The number of hydrogen-bond donors (Lipinski definition) is 6. The van der Waals surface area contributed by atoms with Gasteiger partial charge in [0, 0.05) is 11.6 Å². The van der Waals surface area contributed by atoms with Crippen LogP contribution in [0.5, 0.6) is 11.5 Å². The average molecular weight is 322 g/mol. The molecule has 0 radical (unpaired) electrons. The van der Waals surface area contributed by atoms with Gasteiger partial charge in [0.25, 0.3) is 5.79 Å². The Labute approximate surface area is 129 Å². The van der Waals surface area contributed by atoms with E-state index in [1.165, 1.54) is 6.07 Å². The van der Waals surface area contributed by atoms with Gasteiger partial charge in [-0.05, 0) is 18.2 Å². The second kappa shape index (κ2) is 4.98. The van der Waals surface area contributed by atoms with E-state index in [2.05, 4.69) is 0 Å². The maximum absolute atomic E-state index is 12.3. The molecule has 1 aromatic rings. The van der Waals surface area contributed by atoms with E-state index in [1.54, 1.807) is 0 Å². The molecule has 8 heteroatoms. The summed E-state index contributed by atoms with van der Waals surface area (Å²) in [6, 6.07) is 3.36. The van der Waals surface area contributed by atoms with Gasteiger partial charge in [-0.3, -0.25) is 4.79 Å². The summed E-state index contributed by atoms with van der Waals surface area (Å²) in [5.74, 6) is -6.84. The molecule has 3 rings (SSSR count). The van der Waals surface area contributed by atoms with Crippen LogP contribution in [0.1, 0.15) is 11.7 Å². The monoisotopic (exact) mass is 322 g/mol. The van der Waals surface area contributed by atoms with E-state index in [0.717, 1.165) is 24.3 Å². The third kappa shape index (κ3) is 2.33. The summed E-state index contributed by atoms with van der Waals surface area (Å²) >= 11 is 0. The first kappa shape index (κ1) is 15.3. The van der Waals surface area contributed by atoms with Crippen molar-refractivity contribution in [1.82, 2.24) is 0 Å². The van der Waals surface area contributed by atoms with E-state index in [1.807, 2.05) is 0 Å². The number of aliphatic hydroxyl groups excluding tert-OH is 2. The highest BCUT2D eigenvalue weighted by Gasteiger charge is 2.56. The van der Waals surface area contributed by atoms with E-state index >= 15 is 0 Å². The lowest BCUT2D eigenvalue weighted by molar-refractivity contribution is -0.245. The minimum atomic E-state index is -2.97. The third-order valence-electron chi connectivity index (χ3n) is 3.85. The van der Waals surface area contributed by atoms with E-state index in [9.17, 15) is 35.4 Å². The van der Waals surface area contributed by atoms with Crippen molar-refractivity contribution in [2.75, 3.05) is 0 Å². The molecule has 1 saturated heterocycles. The number of aromatic hydroxyl groups is 2. The molecule has 0 bridgehead atoms. The van der Waals surface area contributed by atoms with Crippen LogP contribution < -0.4 is 0 Å². The molecule has 8 nitrogen and oxygen atoms in total. The summed E-state index contributed by atoms with van der Waals surface area (Å²) in [5, 5.41) is 58.5. The lowest BCUT2D eigenvalue weighted by Crippen LogP contribution is -2.55. The van der Waals surface area contributed by atoms with Gasteiger partial charge in [0.1, 0.15) is 17.4 Å². The molecular weight excluding hydrogens is 308 g/mol. The first-order chi connectivity index (χ1) is 10.7. The number of allylic oxidation sites excluding steroid dienone is 1. The van der Waals surface area contributed by atoms with E-state index in [0.29, 0.717) is 0 Å². The molecule has 3 atom stereocenters. The Hall–Kier alpha value is -2.55.